The highest BCUT2D eigenvalue weighted by Crippen LogP contribution is 2.22. The molecule has 0 aliphatic carbocycles. The molecule has 0 aliphatic rings. The number of hydrogen-bond acceptors (Lipinski definition) is 7. The number of carbonyl (C=O) groups excluding carboxylic acids is 1. The standard InChI is InChI=1S/C25H19N5O4S2/c31-23(27-20-7-9-21(10-8-20)36(33,34)29-25-26-13-14-35-25)16-30-24(32)12-11-22(28-30)19-6-5-17-3-1-2-4-18(17)15-19/h1-15H,16H2,(H,26,29)(H,27,31). The van der Waals surface area contributed by atoms with Crippen molar-refractivity contribution < 1.29 is 13.2 Å². The van der Waals surface area contributed by atoms with E-state index in [0.717, 1.165) is 21.0 Å². The molecule has 0 saturated heterocycles. The second-order valence-electron chi connectivity index (χ2n) is 7.79. The highest BCUT2D eigenvalue weighted by atomic mass is 32.2. The van der Waals surface area contributed by atoms with Crippen molar-refractivity contribution in [3.05, 3.63) is 101 Å². The predicted molar refractivity (Wildman–Crippen MR) is 139 cm³/mol. The lowest BCUT2D eigenvalue weighted by atomic mass is 10.1. The average molecular weight is 518 g/mol. The number of aromatic nitrogens is 3. The van der Waals surface area contributed by atoms with E-state index in [0.29, 0.717) is 11.4 Å². The molecule has 2 heterocycles. The lowest BCUT2D eigenvalue weighted by Crippen LogP contribution is -2.29. The minimum Gasteiger partial charge on any atom is -0.324 e. The third-order valence-electron chi connectivity index (χ3n) is 5.31. The molecule has 1 amide bonds. The van der Waals surface area contributed by atoms with E-state index < -0.39 is 21.5 Å². The van der Waals surface area contributed by atoms with Gasteiger partial charge in [-0.15, -0.1) is 11.3 Å². The number of hydrogen-bond donors (Lipinski definition) is 2. The molecule has 2 N–H and O–H groups in total. The summed E-state index contributed by atoms with van der Waals surface area (Å²) in [6, 6.07) is 22.5. The van der Waals surface area contributed by atoms with Gasteiger partial charge in [-0.1, -0.05) is 36.4 Å². The van der Waals surface area contributed by atoms with Crippen LogP contribution in [0.15, 0.2) is 100 Å². The highest BCUT2D eigenvalue weighted by molar-refractivity contribution is 7.93. The van der Waals surface area contributed by atoms with Crippen LogP contribution in [-0.2, 0) is 21.4 Å². The van der Waals surface area contributed by atoms with E-state index >= 15 is 0 Å². The molecule has 0 atom stereocenters. The van der Waals surface area contributed by atoms with E-state index in [1.54, 1.807) is 11.4 Å². The molecule has 0 aliphatic heterocycles. The number of nitrogens with zero attached hydrogens (tertiary/aromatic N) is 3. The third-order valence-corrected chi connectivity index (χ3v) is 7.48. The van der Waals surface area contributed by atoms with Crippen LogP contribution in [0.25, 0.3) is 22.0 Å². The van der Waals surface area contributed by atoms with Crippen molar-refractivity contribution in [1.82, 2.24) is 14.8 Å². The Balaban J connectivity index is 1.29. The van der Waals surface area contributed by atoms with Gasteiger partial charge in [0.15, 0.2) is 5.13 Å². The molecule has 5 rings (SSSR count). The molecular weight excluding hydrogens is 498 g/mol. The van der Waals surface area contributed by atoms with E-state index in [4.69, 9.17) is 0 Å². The molecule has 9 nitrogen and oxygen atoms in total. The topological polar surface area (TPSA) is 123 Å². The highest BCUT2D eigenvalue weighted by Gasteiger charge is 2.16. The lowest BCUT2D eigenvalue weighted by molar-refractivity contribution is -0.117. The summed E-state index contributed by atoms with van der Waals surface area (Å²) in [7, 11) is -3.80. The number of anilines is 2. The molecule has 0 spiro atoms. The normalized spacial score (nSPS) is 11.3. The molecule has 5 aromatic rings. The van der Waals surface area contributed by atoms with Gasteiger partial charge in [-0.25, -0.2) is 18.1 Å². The number of benzene rings is 3. The summed E-state index contributed by atoms with van der Waals surface area (Å²) < 4.78 is 28.4. The fourth-order valence-corrected chi connectivity index (χ4v) is 5.36. The van der Waals surface area contributed by atoms with Crippen molar-refractivity contribution in [1.29, 1.82) is 0 Å². The number of amides is 1. The van der Waals surface area contributed by atoms with E-state index in [2.05, 4.69) is 20.1 Å². The van der Waals surface area contributed by atoms with Crippen LogP contribution in [0.3, 0.4) is 0 Å². The number of rotatable bonds is 7. The third kappa shape index (κ3) is 5.16. The molecule has 0 radical (unpaired) electrons. The van der Waals surface area contributed by atoms with Crippen LogP contribution in [0, 0.1) is 0 Å². The van der Waals surface area contributed by atoms with Crippen LogP contribution >= 0.6 is 11.3 Å². The Morgan fingerprint density at radius 3 is 2.47 bits per heavy atom. The second kappa shape index (κ2) is 9.72. The Hall–Kier alpha value is -4.35. The van der Waals surface area contributed by atoms with Gasteiger partial charge in [-0.05, 0) is 47.2 Å². The van der Waals surface area contributed by atoms with Crippen molar-refractivity contribution in [2.45, 2.75) is 11.4 Å². The smallest absolute Gasteiger partial charge is 0.267 e. The van der Waals surface area contributed by atoms with Gasteiger partial charge in [0, 0.05) is 28.9 Å². The first-order valence-electron chi connectivity index (χ1n) is 10.8. The molecule has 0 bridgehead atoms. The van der Waals surface area contributed by atoms with Crippen molar-refractivity contribution in [3.63, 3.8) is 0 Å². The van der Waals surface area contributed by atoms with Gasteiger partial charge < -0.3 is 5.32 Å². The van der Waals surface area contributed by atoms with Crippen LogP contribution < -0.4 is 15.6 Å². The number of thiazole rings is 1. The number of fused-ring (bicyclic) bond motifs is 1. The van der Waals surface area contributed by atoms with Gasteiger partial charge in [0.1, 0.15) is 6.54 Å². The molecule has 36 heavy (non-hydrogen) atoms. The van der Waals surface area contributed by atoms with E-state index in [-0.39, 0.29) is 16.6 Å². The minimum absolute atomic E-state index is 0.0247. The largest absolute Gasteiger partial charge is 0.324 e. The van der Waals surface area contributed by atoms with Crippen LogP contribution in [0.5, 0.6) is 0 Å². The summed E-state index contributed by atoms with van der Waals surface area (Å²) in [6.07, 6.45) is 1.50. The van der Waals surface area contributed by atoms with Gasteiger partial charge in [0.2, 0.25) is 5.91 Å². The summed E-state index contributed by atoms with van der Waals surface area (Å²) in [6.45, 7) is -0.300. The summed E-state index contributed by atoms with van der Waals surface area (Å²) in [5.41, 5.74) is 1.36. The lowest BCUT2D eigenvalue weighted by Gasteiger charge is -2.10. The van der Waals surface area contributed by atoms with Crippen LogP contribution in [0.1, 0.15) is 0 Å². The second-order valence-corrected chi connectivity index (χ2v) is 10.4. The van der Waals surface area contributed by atoms with Crippen LogP contribution in [0.4, 0.5) is 10.8 Å². The van der Waals surface area contributed by atoms with Gasteiger partial charge in [0.05, 0.1) is 10.6 Å². The summed E-state index contributed by atoms with van der Waals surface area (Å²) in [4.78, 5) is 28.9. The maximum atomic E-state index is 12.6. The van der Waals surface area contributed by atoms with E-state index in [1.165, 1.54) is 47.9 Å². The van der Waals surface area contributed by atoms with Crippen molar-refractivity contribution in [3.8, 4) is 11.3 Å². The summed E-state index contributed by atoms with van der Waals surface area (Å²) >= 11 is 1.17. The molecule has 0 unspecified atom stereocenters. The van der Waals surface area contributed by atoms with Gasteiger partial charge in [-0.3, -0.25) is 14.3 Å². The summed E-state index contributed by atoms with van der Waals surface area (Å²) in [5, 5.41) is 11.1. The van der Waals surface area contributed by atoms with Crippen molar-refractivity contribution in [2.24, 2.45) is 0 Å². The van der Waals surface area contributed by atoms with Crippen molar-refractivity contribution in [2.75, 3.05) is 10.0 Å². The van der Waals surface area contributed by atoms with Crippen molar-refractivity contribution >= 4 is 48.9 Å². The zero-order valence-electron chi connectivity index (χ0n) is 18.7. The number of carbonyl (C=O) groups is 1. The SMILES string of the molecule is O=C(Cn1nc(-c2ccc3ccccc3c2)ccc1=O)Nc1ccc(S(=O)(=O)Nc2nccs2)cc1. The first kappa shape index (κ1) is 23.4. The Labute approximate surface area is 210 Å². The number of nitrogens with one attached hydrogen (secondary N) is 2. The Bertz CT molecular complexity index is 1710. The first-order valence-corrected chi connectivity index (χ1v) is 13.1. The molecule has 3 aromatic carbocycles. The summed E-state index contributed by atoms with van der Waals surface area (Å²) in [5.74, 6) is -0.475. The fourth-order valence-electron chi connectivity index (χ4n) is 3.57. The molecule has 0 fully saturated rings. The van der Waals surface area contributed by atoms with E-state index in [9.17, 15) is 18.0 Å². The maximum Gasteiger partial charge on any atom is 0.267 e. The maximum absolute atomic E-state index is 12.6. The van der Waals surface area contributed by atoms with Gasteiger partial charge >= 0.3 is 0 Å². The monoisotopic (exact) mass is 517 g/mol. The molecule has 11 heteroatoms. The molecule has 2 aromatic heterocycles. The fraction of sp³-hybridized carbons (Fsp3) is 0.0400. The molecule has 180 valence electrons. The average Bonchev–Trinajstić information content (AvgIpc) is 3.38. The number of sulfonamides is 1. The minimum atomic E-state index is -3.80. The molecular formula is C25H19N5O4S2. The quantitative estimate of drug-likeness (QED) is 0.337. The van der Waals surface area contributed by atoms with Gasteiger partial charge in [0.25, 0.3) is 15.6 Å². The van der Waals surface area contributed by atoms with E-state index in [1.807, 2.05) is 42.5 Å². The first-order chi connectivity index (χ1) is 17.4. The zero-order valence-corrected chi connectivity index (χ0v) is 20.3. The van der Waals surface area contributed by atoms with Gasteiger partial charge in [-0.2, -0.15) is 5.10 Å². The Morgan fingerprint density at radius 2 is 1.72 bits per heavy atom. The zero-order chi connectivity index (χ0) is 25.1. The Morgan fingerprint density at radius 1 is 0.944 bits per heavy atom. The predicted octanol–water partition coefficient (Wildman–Crippen LogP) is 3.96. The van der Waals surface area contributed by atoms with Crippen LogP contribution in [-0.4, -0.2) is 29.1 Å². The molecule has 0 saturated carbocycles. The van der Waals surface area contributed by atoms with Crippen LogP contribution in [0.2, 0.25) is 0 Å². The Kier molecular flexibility index (Phi) is 6.32.